The zero-order valence-electron chi connectivity index (χ0n) is 14.1. The smallest absolute Gasteiger partial charge is 0.294 e. The lowest BCUT2D eigenvalue weighted by molar-refractivity contribution is -0.384. The van der Waals surface area contributed by atoms with Crippen molar-refractivity contribution in [1.82, 2.24) is 9.78 Å². The Morgan fingerprint density at radius 3 is 2.60 bits per heavy atom. The number of hydrogen-bond donors (Lipinski definition) is 0. The highest BCUT2D eigenvalue weighted by Gasteiger charge is 2.33. The van der Waals surface area contributed by atoms with Gasteiger partial charge in [-0.25, -0.2) is 4.68 Å². The molecule has 0 N–H and O–H groups in total. The van der Waals surface area contributed by atoms with Crippen LogP contribution in [0.3, 0.4) is 0 Å². The van der Waals surface area contributed by atoms with Gasteiger partial charge in [0, 0.05) is 18.4 Å². The molecular formula is C19H21N3O3. The minimum atomic E-state index is -0.381. The fourth-order valence-electron chi connectivity index (χ4n) is 4.21. The molecule has 25 heavy (non-hydrogen) atoms. The quantitative estimate of drug-likeness (QED) is 0.615. The van der Waals surface area contributed by atoms with Crippen molar-refractivity contribution in [3.05, 3.63) is 51.3 Å². The molecule has 0 aliphatic heterocycles. The topological polar surface area (TPSA) is 78.0 Å². The van der Waals surface area contributed by atoms with E-state index in [1.54, 1.807) is 22.9 Å². The second kappa shape index (κ2) is 6.43. The molecule has 2 aliphatic carbocycles. The van der Waals surface area contributed by atoms with Crippen molar-refractivity contribution >= 4 is 11.5 Å². The van der Waals surface area contributed by atoms with Crippen LogP contribution in [0.2, 0.25) is 0 Å². The van der Waals surface area contributed by atoms with Crippen molar-refractivity contribution in [2.24, 2.45) is 0 Å². The average Bonchev–Trinajstić information content (AvgIpc) is 3.03. The van der Waals surface area contributed by atoms with E-state index in [9.17, 15) is 14.9 Å². The summed E-state index contributed by atoms with van der Waals surface area (Å²) in [6.07, 6.45) is 7.72. The van der Waals surface area contributed by atoms with E-state index in [4.69, 9.17) is 5.10 Å². The number of carbonyl (C=O) groups excluding carboxylic acids is 1. The van der Waals surface area contributed by atoms with E-state index in [1.165, 1.54) is 12.5 Å². The number of nitrogens with zero attached hydrogens (tertiary/aromatic N) is 3. The number of benzene rings is 1. The summed E-state index contributed by atoms with van der Waals surface area (Å²) in [5.41, 5.74) is 2.96. The summed E-state index contributed by atoms with van der Waals surface area (Å²) in [5.74, 6) is 0.445. The van der Waals surface area contributed by atoms with Crippen LogP contribution in [0.15, 0.2) is 24.3 Å². The highest BCUT2D eigenvalue weighted by Crippen LogP contribution is 2.38. The Morgan fingerprint density at radius 2 is 1.84 bits per heavy atom. The third kappa shape index (κ3) is 2.75. The molecule has 1 saturated carbocycles. The molecule has 0 amide bonds. The summed E-state index contributed by atoms with van der Waals surface area (Å²) in [7, 11) is 0. The molecule has 1 heterocycles. The molecule has 0 spiro atoms. The van der Waals surface area contributed by atoms with Crippen molar-refractivity contribution in [2.75, 3.05) is 0 Å². The Morgan fingerprint density at radius 1 is 1.08 bits per heavy atom. The lowest BCUT2D eigenvalue weighted by Crippen LogP contribution is -2.15. The molecule has 130 valence electrons. The van der Waals surface area contributed by atoms with E-state index in [-0.39, 0.29) is 16.4 Å². The molecule has 2 aromatic rings. The Labute approximate surface area is 146 Å². The number of fused-ring (bicyclic) bond motifs is 1. The number of ketones is 1. The molecule has 1 aromatic carbocycles. The molecule has 0 saturated heterocycles. The van der Waals surface area contributed by atoms with E-state index in [2.05, 4.69) is 0 Å². The lowest BCUT2D eigenvalue weighted by Gasteiger charge is -2.21. The van der Waals surface area contributed by atoms with Crippen molar-refractivity contribution in [2.45, 2.75) is 57.3 Å². The molecule has 1 fully saturated rings. The predicted molar refractivity (Wildman–Crippen MR) is 93.3 cm³/mol. The van der Waals surface area contributed by atoms with Gasteiger partial charge in [-0.2, -0.15) is 5.10 Å². The van der Waals surface area contributed by atoms with E-state index >= 15 is 0 Å². The Bertz CT molecular complexity index is 834. The second-order valence-electron chi connectivity index (χ2n) is 6.98. The lowest BCUT2D eigenvalue weighted by atomic mass is 9.82. The van der Waals surface area contributed by atoms with Crippen molar-refractivity contribution < 1.29 is 9.72 Å². The maximum atomic E-state index is 12.6. The molecule has 0 radical (unpaired) electrons. The maximum Gasteiger partial charge on any atom is 0.294 e. The summed E-state index contributed by atoms with van der Waals surface area (Å²) in [6.45, 7) is 0. The predicted octanol–water partition coefficient (Wildman–Crippen LogP) is 4.35. The molecule has 4 rings (SSSR count). The largest absolute Gasteiger partial charge is 0.294 e. The van der Waals surface area contributed by atoms with Crippen LogP contribution >= 0.6 is 0 Å². The van der Waals surface area contributed by atoms with Gasteiger partial charge in [-0.3, -0.25) is 14.9 Å². The van der Waals surface area contributed by atoms with Crippen LogP contribution in [-0.2, 0) is 6.42 Å². The molecule has 2 aliphatic rings. The highest BCUT2D eigenvalue weighted by atomic mass is 16.6. The summed E-state index contributed by atoms with van der Waals surface area (Å²) in [6, 6.07) is 6.65. The van der Waals surface area contributed by atoms with Gasteiger partial charge in [0.05, 0.1) is 21.9 Å². The molecular weight excluding hydrogens is 318 g/mol. The standard InChI is InChI=1S/C19H21N3O3/c23-17-12-6-11-16-18(17)19(13-7-2-1-3-8-13)20-21(16)14-9-4-5-10-15(14)22(24)25/h4-5,9-10,13H,1-3,6-8,11-12H2. The first kappa shape index (κ1) is 16.0. The van der Waals surface area contributed by atoms with Gasteiger partial charge in [-0.05, 0) is 31.7 Å². The number of carbonyl (C=O) groups is 1. The molecule has 1 aromatic heterocycles. The number of para-hydroxylation sites is 2. The zero-order valence-corrected chi connectivity index (χ0v) is 14.1. The van der Waals surface area contributed by atoms with Crippen LogP contribution in [0.25, 0.3) is 5.69 Å². The Kier molecular flexibility index (Phi) is 4.11. The van der Waals surface area contributed by atoms with Crippen LogP contribution in [0.1, 0.15) is 72.6 Å². The summed E-state index contributed by atoms with van der Waals surface area (Å²) in [5, 5.41) is 16.2. The molecule has 6 heteroatoms. The summed E-state index contributed by atoms with van der Waals surface area (Å²) >= 11 is 0. The van der Waals surface area contributed by atoms with Crippen LogP contribution in [0, 0.1) is 10.1 Å². The first-order valence-electron chi connectivity index (χ1n) is 9.05. The molecule has 0 atom stereocenters. The minimum absolute atomic E-state index is 0.0287. The van der Waals surface area contributed by atoms with Gasteiger partial charge in [0.1, 0.15) is 5.69 Å². The van der Waals surface area contributed by atoms with Gasteiger partial charge >= 0.3 is 0 Å². The zero-order chi connectivity index (χ0) is 17.4. The van der Waals surface area contributed by atoms with Gasteiger partial charge in [0.15, 0.2) is 5.78 Å². The number of nitro benzene ring substituents is 1. The van der Waals surface area contributed by atoms with Gasteiger partial charge < -0.3 is 0 Å². The monoisotopic (exact) mass is 339 g/mol. The SMILES string of the molecule is O=C1CCCc2c1c(C1CCCCC1)nn2-c1ccccc1[N+](=O)[O-]. The number of hydrogen-bond acceptors (Lipinski definition) is 4. The maximum absolute atomic E-state index is 12.6. The van der Waals surface area contributed by atoms with E-state index in [0.717, 1.165) is 55.5 Å². The van der Waals surface area contributed by atoms with Crippen LogP contribution in [-0.4, -0.2) is 20.5 Å². The van der Waals surface area contributed by atoms with Crippen molar-refractivity contribution in [1.29, 1.82) is 0 Å². The third-order valence-electron chi connectivity index (χ3n) is 5.40. The van der Waals surface area contributed by atoms with Crippen LogP contribution in [0.5, 0.6) is 0 Å². The first-order chi connectivity index (χ1) is 12.2. The van der Waals surface area contributed by atoms with Crippen LogP contribution < -0.4 is 0 Å². The molecule has 0 bridgehead atoms. The van der Waals surface area contributed by atoms with E-state index in [1.807, 2.05) is 0 Å². The van der Waals surface area contributed by atoms with Gasteiger partial charge in [-0.15, -0.1) is 0 Å². The third-order valence-corrected chi connectivity index (χ3v) is 5.40. The fraction of sp³-hybridized carbons (Fsp3) is 0.474. The normalized spacial score (nSPS) is 18.2. The Balaban J connectivity index is 1.89. The minimum Gasteiger partial charge on any atom is -0.294 e. The average molecular weight is 339 g/mol. The van der Waals surface area contributed by atoms with E-state index in [0.29, 0.717) is 18.0 Å². The summed E-state index contributed by atoms with van der Waals surface area (Å²) < 4.78 is 1.68. The number of nitro groups is 1. The highest BCUT2D eigenvalue weighted by molar-refractivity contribution is 5.99. The fourth-order valence-corrected chi connectivity index (χ4v) is 4.21. The number of aromatic nitrogens is 2. The first-order valence-corrected chi connectivity index (χ1v) is 9.05. The second-order valence-corrected chi connectivity index (χ2v) is 6.98. The van der Waals surface area contributed by atoms with Gasteiger partial charge in [0.2, 0.25) is 0 Å². The van der Waals surface area contributed by atoms with Crippen molar-refractivity contribution in [3.8, 4) is 5.69 Å². The van der Waals surface area contributed by atoms with Crippen molar-refractivity contribution in [3.63, 3.8) is 0 Å². The summed E-state index contributed by atoms with van der Waals surface area (Å²) in [4.78, 5) is 23.7. The molecule has 6 nitrogen and oxygen atoms in total. The number of rotatable bonds is 3. The van der Waals surface area contributed by atoms with Gasteiger partial charge in [0.25, 0.3) is 5.69 Å². The van der Waals surface area contributed by atoms with E-state index < -0.39 is 0 Å². The van der Waals surface area contributed by atoms with Gasteiger partial charge in [-0.1, -0.05) is 31.4 Å². The van der Waals surface area contributed by atoms with Crippen LogP contribution in [0.4, 0.5) is 5.69 Å². The number of Topliss-reactive ketones (excluding diaryl/α,β-unsaturated/α-hetero) is 1. The Hall–Kier alpha value is -2.50. The molecule has 0 unspecified atom stereocenters.